The van der Waals surface area contributed by atoms with Crippen LogP contribution < -0.4 is 0 Å². The van der Waals surface area contributed by atoms with E-state index < -0.39 is 0 Å². The van der Waals surface area contributed by atoms with Crippen molar-refractivity contribution in [2.24, 2.45) is 0 Å². The van der Waals surface area contributed by atoms with Crippen molar-refractivity contribution in [3.63, 3.8) is 0 Å². The van der Waals surface area contributed by atoms with E-state index in [4.69, 9.17) is 4.74 Å². The van der Waals surface area contributed by atoms with E-state index in [2.05, 4.69) is 10.2 Å². The number of rotatable bonds is 5. The lowest BCUT2D eigenvalue weighted by atomic mass is 10.1. The zero-order valence-corrected chi connectivity index (χ0v) is 12.9. The average Bonchev–Trinajstić information content (AvgIpc) is 2.94. The average molecular weight is 300 g/mol. The molecule has 1 aromatic heterocycles. The molecule has 0 radical (unpaired) electrons. The summed E-state index contributed by atoms with van der Waals surface area (Å²) in [6, 6.07) is 9.73. The van der Waals surface area contributed by atoms with Crippen LogP contribution in [0.15, 0.2) is 30.3 Å². The van der Waals surface area contributed by atoms with Crippen molar-refractivity contribution in [3.05, 3.63) is 47.5 Å². The topological polar surface area (TPSA) is 60.3 Å². The molecular weight excluding hydrogens is 280 g/mol. The number of carbonyl (C=O) groups is 1. The lowest BCUT2D eigenvalue weighted by molar-refractivity contribution is -0.137. The predicted molar refractivity (Wildman–Crippen MR) is 81.0 cm³/mol. The van der Waals surface area contributed by atoms with Crippen molar-refractivity contribution in [1.29, 1.82) is 0 Å². The zero-order valence-electron chi connectivity index (χ0n) is 12.9. The molecule has 116 valence electrons. The van der Waals surface area contributed by atoms with E-state index in [1.807, 2.05) is 46.7 Å². The van der Waals surface area contributed by atoms with Crippen molar-refractivity contribution in [2.45, 2.75) is 32.5 Å². The third-order valence-electron chi connectivity index (χ3n) is 3.97. The van der Waals surface area contributed by atoms with E-state index in [-0.39, 0.29) is 11.9 Å². The molecule has 0 spiro atoms. The summed E-state index contributed by atoms with van der Waals surface area (Å²) in [5.74, 6) is 1.76. The Morgan fingerprint density at radius 2 is 2.05 bits per heavy atom. The summed E-state index contributed by atoms with van der Waals surface area (Å²) in [7, 11) is 1.66. The van der Waals surface area contributed by atoms with Crippen LogP contribution in [0.4, 0.5) is 0 Å². The smallest absolute Gasteiger partial charge is 0.246 e. The highest BCUT2D eigenvalue weighted by Gasteiger charge is 2.32. The number of methoxy groups -OCH3 is 1. The Labute approximate surface area is 129 Å². The standard InChI is InChI=1S/C16H20N4O2/c1-12-16(21)19(10-13-6-4-3-5-7-13)11-15-18-17-14(20(12)15)8-9-22-2/h3-7,12H,8-11H2,1-2H3/t12-/m1/s1. The summed E-state index contributed by atoms with van der Waals surface area (Å²) in [5, 5.41) is 8.47. The molecule has 0 fully saturated rings. The SMILES string of the molecule is COCCc1nnc2n1[C@H](C)C(=O)N(Cc1ccccc1)C2. The molecule has 0 bridgehead atoms. The minimum absolute atomic E-state index is 0.106. The number of hydrogen-bond donors (Lipinski definition) is 0. The van der Waals surface area contributed by atoms with E-state index in [0.717, 1.165) is 17.2 Å². The lowest BCUT2D eigenvalue weighted by Gasteiger charge is -2.32. The number of ether oxygens (including phenoxy) is 1. The van der Waals surface area contributed by atoms with E-state index in [1.54, 1.807) is 7.11 Å². The summed E-state index contributed by atoms with van der Waals surface area (Å²) in [4.78, 5) is 14.5. The molecule has 0 N–H and O–H groups in total. The second-order valence-corrected chi connectivity index (χ2v) is 5.50. The second-order valence-electron chi connectivity index (χ2n) is 5.50. The first kappa shape index (κ1) is 14.7. The molecule has 6 nitrogen and oxygen atoms in total. The van der Waals surface area contributed by atoms with Gasteiger partial charge in [-0.1, -0.05) is 30.3 Å². The first-order valence-electron chi connectivity index (χ1n) is 7.45. The predicted octanol–water partition coefficient (Wildman–Crippen LogP) is 1.57. The molecule has 6 heteroatoms. The molecule has 2 heterocycles. The largest absolute Gasteiger partial charge is 0.384 e. The van der Waals surface area contributed by atoms with Crippen LogP contribution in [0.2, 0.25) is 0 Å². The lowest BCUT2D eigenvalue weighted by Crippen LogP contribution is -2.41. The molecule has 1 aromatic carbocycles. The highest BCUT2D eigenvalue weighted by atomic mass is 16.5. The molecule has 1 amide bonds. The van der Waals surface area contributed by atoms with Crippen LogP contribution in [0.1, 0.15) is 30.2 Å². The molecule has 22 heavy (non-hydrogen) atoms. The van der Waals surface area contributed by atoms with Crippen molar-refractivity contribution >= 4 is 5.91 Å². The van der Waals surface area contributed by atoms with Crippen LogP contribution in [0, 0.1) is 0 Å². The molecule has 1 aliphatic heterocycles. The molecular formula is C16H20N4O2. The van der Waals surface area contributed by atoms with Crippen molar-refractivity contribution in [2.75, 3.05) is 13.7 Å². The highest BCUT2D eigenvalue weighted by Crippen LogP contribution is 2.24. The van der Waals surface area contributed by atoms with Gasteiger partial charge in [-0.3, -0.25) is 4.79 Å². The Morgan fingerprint density at radius 1 is 1.27 bits per heavy atom. The Kier molecular flexibility index (Phi) is 4.20. The first-order valence-corrected chi connectivity index (χ1v) is 7.45. The second kappa shape index (κ2) is 6.27. The zero-order chi connectivity index (χ0) is 15.5. The van der Waals surface area contributed by atoms with Crippen LogP contribution >= 0.6 is 0 Å². The third kappa shape index (κ3) is 2.74. The number of carbonyl (C=O) groups excluding carboxylic acids is 1. The van der Waals surface area contributed by atoms with Crippen LogP contribution in [-0.2, 0) is 29.0 Å². The van der Waals surface area contributed by atoms with Gasteiger partial charge in [-0.05, 0) is 12.5 Å². The number of amides is 1. The van der Waals surface area contributed by atoms with E-state index >= 15 is 0 Å². The van der Waals surface area contributed by atoms with Gasteiger partial charge in [-0.25, -0.2) is 0 Å². The fraction of sp³-hybridized carbons (Fsp3) is 0.438. The molecule has 1 aliphatic rings. The Hall–Kier alpha value is -2.21. The third-order valence-corrected chi connectivity index (χ3v) is 3.97. The minimum Gasteiger partial charge on any atom is -0.384 e. The summed E-state index contributed by atoms with van der Waals surface area (Å²) >= 11 is 0. The minimum atomic E-state index is -0.269. The van der Waals surface area contributed by atoms with Crippen LogP contribution in [0.25, 0.3) is 0 Å². The van der Waals surface area contributed by atoms with Crippen molar-refractivity contribution < 1.29 is 9.53 Å². The number of fused-ring (bicyclic) bond motifs is 1. The van der Waals surface area contributed by atoms with E-state index in [0.29, 0.717) is 26.1 Å². The molecule has 0 saturated heterocycles. The summed E-state index contributed by atoms with van der Waals surface area (Å²) in [5.41, 5.74) is 1.12. The van der Waals surface area contributed by atoms with Crippen LogP contribution in [0.3, 0.4) is 0 Å². The Balaban J connectivity index is 1.81. The maximum atomic E-state index is 12.6. The fourth-order valence-electron chi connectivity index (χ4n) is 2.84. The molecule has 1 atom stereocenters. The maximum Gasteiger partial charge on any atom is 0.246 e. The number of benzene rings is 1. The maximum absolute atomic E-state index is 12.6. The quantitative estimate of drug-likeness (QED) is 0.841. The van der Waals surface area contributed by atoms with Gasteiger partial charge in [0.05, 0.1) is 13.2 Å². The van der Waals surface area contributed by atoms with Gasteiger partial charge in [-0.15, -0.1) is 10.2 Å². The van der Waals surface area contributed by atoms with Gasteiger partial charge in [-0.2, -0.15) is 0 Å². The van der Waals surface area contributed by atoms with Gasteiger partial charge < -0.3 is 14.2 Å². The van der Waals surface area contributed by atoms with Gasteiger partial charge in [0.1, 0.15) is 11.9 Å². The van der Waals surface area contributed by atoms with Crippen molar-refractivity contribution in [1.82, 2.24) is 19.7 Å². The van der Waals surface area contributed by atoms with Crippen LogP contribution in [-0.4, -0.2) is 39.3 Å². The van der Waals surface area contributed by atoms with Gasteiger partial charge in [0, 0.05) is 20.1 Å². The summed E-state index contributed by atoms with van der Waals surface area (Å²) < 4.78 is 7.04. The Morgan fingerprint density at radius 3 is 2.77 bits per heavy atom. The molecule has 3 rings (SSSR count). The summed E-state index contributed by atoms with van der Waals surface area (Å²) in [6.45, 7) is 3.58. The normalized spacial score (nSPS) is 17.6. The molecule has 0 unspecified atom stereocenters. The molecule has 2 aromatic rings. The monoisotopic (exact) mass is 300 g/mol. The fourth-order valence-corrected chi connectivity index (χ4v) is 2.84. The van der Waals surface area contributed by atoms with E-state index in [9.17, 15) is 4.79 Å². The van der Waals surface area contributed by atoms with Gasteiger partial charge >= 0.3 is 0 Å². The first-order chi connectivity index (χ1) is 10.7. The molecule has 0 saturated carbocycles. The Bertz CT molecular complexity index is 653. The molecule has 0 aliphatic carbocycles. The number of nitrogens with zero attached hydrogens (tertiary/aromatic N) is 4. The van der Waals surface area contributed by atoms with Crippen molar-refractivity contribution in [3.8, 4) is 0 Å². The van der Waals surface area contributed by atoms with Gasteiger partial charge in [0.25, 0.3) is 0 Å². The summed E-state index contributed by atoms with van der Waals surface area (Å²) in [6.07, 6.45) is 0.666. The van der Waals surface area contributed by atoms with Gasteiger partial charge in [0.2, 0.25) is 5.91 Å². The number of hydrogen-bond acceptors (Lipinski definition) is 4. The number of aromatic nitrogens is 3. The van der Waals surface area contributed by atoms with E-state index in [1.165, 1.54) is 0 Å². The van der Waals surface area contributed by atoms with Gasteiger partial charge in [0.15, 0.2) is 5.82 Å². The van der Waals surface area contributed by atoms with Crippen LogP contribution in [0.5, 0.6) is 0 Å². The highest BCUT2D eigenvalue weighted by molar-refractivity contribution is 5.81.